The molecule has 1 aliphatic rings. The van der Waals surface area contributed by atoms with Gasteiger partial charge in [-0.2, -0.15) is 13.2 Å². The topological polar surface area (TPSA) is 58.6 Å². The summed E-state index contributed by atoms with van der Waals surface area (Å²) >= 11 is 0. The Morgan fingerprint density at radius 3 is 2.88 bits per heavy atom. The van der Waals surface area contributed by atoms with Gasteiger partial charge in [-0.1, -0.05) is 18.2 Å². The lowest BCUT2D eigenvalue weighted by Crippen LogP contribution is -2.35. The summed E-state index contributed by atoms with van der Waals surface area (Å²) in [6, 6.07) is 4.44. The molecule has 0 saturated carbocycles. The summed E-state index contributed by atoms with van der Waals surface area (Å²) < 4.78 is 42.9. The summed E-state index contributed by atoms with van der Waals surface area (Å²) in [6.07, 6.45) is 0.906. The van der Waals surface area contributed by atoms with Crippen LogP contribution in [0, 0.1) is 5.92 Å². The number of amides is 1. The molecule has 132 valence electrons. The van der Waals surface area contributed by atoms with E-state index in [-0.39, 0.29) is 30.7 Å². The van der Waals surface area contributed by atoms with Crippen LogP contribution in [-0.2, 0) is 11.0 Å². The predicted octanol–water partition coefficient (Wildman–Crippen LogP) is 2.92. The molecule has 0 radical (unpaired) electrons. The zero-order valence-corrected chi connectivity index (χ0v) is 13.1. The molecule has 1 aliphatic carbocycles. The zero-order valence-electron chi connectivity index (χ0n) is 13.1. The van der Waals surface area contributed by atoms with Crippen molar-refractivity contribution >= 4 is 5.91 Å². The number of allylic oxidation sites excluding steroid dienone is 2. The Kier molecular flexibility index (Phi) is 6.25. The maximum atomic E-state index is 12.6. The molecule has 0 aromatic heterocycles. The SMILES string of the molecule is O=C(C[C@H]1C=CCC1)NC[C@@H](O)COc1cccc(C(F)(F)F)c1. The van der Waals surface area contributed by atoms with Crippen LogP contribution in [0.15, 0.2) is 36.4 Å². The highest BCUT2D eigenvalue weighted by atomic mass is 19.4. The Bertz CT molecular complexity index is 587. The molecule has 2 atom stereocenters. The van der Waals surface area contributed by atoms with Gasteiger partial charge < -0.3 is 15.2 Å². The smallest absolute Gasteiger partial charge is 0.416 e. The lowest BCUT2D eigenvalue weighted by atomic mass is 10.1. The van der Waals surface area contributed by atoms with Crippen LogP contribution in [0.5, 0.6) is 5.75 Å². The van der Waals surface area contributed by atoms with Crippen LogP contribution in [0.2, 0.25) is 0 Å². The van der Waals surface area contributed by atoms with Gasteiger partial charge in [-0.25, -0.2) is 0 Å². The molecular formula is C17H20F3NO3. The number of ether oxygens (including phenoxy) is 1. The summed E-state index contributed by atoms with van der Waals surface area (Å²) in [5.41, 5.74) is -0.813. The van der Waals surface area contributed by atoms with Gasteiger partial charge in [0.05, 0.1) is 5.56 Å². The van der Waals surface area contributed by atoms with Crippen LogP contribution < -0.4 is 10.1 Å². The molecule has 0 heterocycles. The molecule has 2 N–H and O–H groups in total. The summed E-state index contributed by atoms with van der Waals surface area (Å²) in [6.45, 7) is -0.209. The van der Waals surface area contributed by atoms with Crippen LogP contribution in [0.25, 0.3) is 0 Å². The summed E-state index contributed by atoms with van der Waals surface area (Å²) in [5.74, 6) is 0.0967. The van der Waals surface area contributed by atoms with E-state index in [2.05, 4.69) is 5.32 Å². The summed E-state index contributed by atoms with van der Waals surface area (Å²) in [4.78, 5) is 11.7. The number of hydrogen-bond donors (Lipinski definition) is 2. The second kappa shape index (κ2) is 8.19. The normalized spacial score (nSPS) is 18.4. The fourth-order valence-corrected chi connectivity index (χ4v) is 2.42. The van der Waals surface area contributed by atoms with E-state index in [1.165, 1.54) is 12.1 Å². The quantitative estimate of drug-likeness (QED) is 0.749. The van der Waals surface area contributed by atoms with Gasteiger partial charge >= 0.3 is 6.18 Å². The molecule has 0 unspecified atom stereocenters. The maximum absolute atomic E-state index is 12.6. The maximum Gasteiger partial charge on any atom is 0.416 e. The lowest BCUT2D eigenvalue weighted by Gasteiger charge is -2.15. The minimum atomic E-state index is -4.44. The first-order chi connectivity index (χ1) is 11.3. The average Bonchev–Trinajstić information content (AvgIpc) is 3.03. The Morgan fingerprint density at radius 2 is 2.21 bits per heavy atom. The first-order valence-corrected chi connectivity index (χ1v) is 7.76. The molecule has 0 fully saturated rings. The van der Waals surface area contributed by atoms with Gasteiger partial charge in [0.2, 0.25) is 5.91 Å². The molecule has 24 heavy (non-hydrogen) atoms. The summed E-state index contributed by atoms with van der Waals surface area (Å²) in [7, 11) is 0. The number of carbonyl (C=O) groups is 1. The second-order valence-electron chi connectivity index (χ2n) is 5.76. The molecule has 7 heteroatoms. The van der Waals surface area contributed by atoms with Crippen molar-refractivity contribution in [1.82, 2.24) is 5.32 Å². The molecule has 2 rings (SSSR count). The van der Waals surface area contributed by atoms with E-state index in [4.69, 9.17) is 4.74 Å². The average molecular weight is 343 g/mol. The van der Waals surface area contributed by atoms with Crippen molar-refractivity contribution in [2.24, 2.45) is 5.92 Å². The van der Waals surface area contributed by atoms with Gasteiger partial charge in [0.1, 0.15) is 18.5 Å². The van der Waals surface area contributed by atoms with Gasteiger partial charge in [0.15, 0.2) is 0 Å². The number of nitrogens with one attached hydrogen (secondary N) is 1. The van der Waals surface area contributed by atoms with Crippen molar-refractivity contribution in [3.8, 4) is 5.75 Å². The Balaban J connectivity index is 1.72. The fourth-order valence-electron chi connectivity index (χ4n) is 2.42. The van der Waals surface area contributed by atoms with Crippen molar-refractivity contribution in [3.63, 3.8) is 0 Å². The highest BCUT2D eigenvalue weighted by Crippen LogP contribution is 2.31. The van der Waals surface area contributed by atoms with Crippen LogP contribution in [-0.4, -0.2) is 30.3 Å². The molecule has 1 aromatic rings. The first-order valence-electron chi connectivity index (χ1n) is 7.76. The number of rotatable bonds is 7. The van der Waals surface area contributed by atoms with Gasteiger partial charge in [0, 0.05) is 13.0 Å². The second-order valence-corrected chi connectivity index (χ2v) is 5.76. The van der Waals surface area contributed by atoms with Gasteiger partial charge in [-0.3, -0.25) is 4.79 Å². The van der Waals surface area contributed by atoms with E-state index in [1.54, 1.807) is 0 Å². The van der Waals surface area contributed by atoms with Crippen molar-refractivity contribution in [2.45, 2.75) is 31.5 Å². The van der Waals surface area contributed by atoms with Gasteiger partial charge in [-0.05, 0) is 37.0 Å². The third-order valence-corrected chi connectivity index (χ3v) is 3.70. The Morgan fingerprint density at radius 1 is 1.42 bits per heavy atom. The molecule has 4 nitrogen and oxygen atoms in total. The van der Waals surface area contributed by atoms with E-state index < -0.39 is 17.8 Å². The van der Waals surface area contributed by atoms with E-state index in [0.717, 1.165) is 25.0 Å². The minimum Gasteiger partial charge on any atom is -0.491 e. The molecule has 1 aromatic carbocycles. The van der Waals surface area contributed by atoms with Crippen LogP contribution >= 0.6 is 0 Å². The highest BCUT2D eigenvalue weighted by Gasteiger charge is 2.30. The van der Waals surface area contributed by atoms with Crippen LogP contribution in [0.1, 0.15) is 24.8 Å². The van der Waals surface area contributed by atoms with Crippen molar-refractivity contribution in [3.05, 3.63) is 42.0 Å². The van der Waals surface area contributed by atoms with E-state index in [9.17, 15) is 23.1 Å². The minimum absolute atomic E-state index is 0.00573. The first kappa shape index (κ1) is 18.3. The standard InChI is InChI=1S/C17H20F3NO3/c18-17(19,20)13-6-3-7-15(9-13)24-11-14(22)10-21-16(23)8-12-4-1-2-5-12/h1,3-4,6-7,9,12,14,22H,2,5,8,10-11H2,(H,21,23)/t12-,14+/m0/s1. The molecule has 1 amide bonds. The van der Waals surface area contributed by atoms with Crippen LogP contribution in [0.3, 0.4) is 0 Å². The monoisotopic (exact) mass is 343 g/mol. The third kappa shape index (κ3) is 5.88. The number of aliphatic hydroxyl groups is 1. The zero-order chi connectivity index (χ0) is 17.6. The molecule has 0 aliphatic heterocycles. The van der Waals surface area contributed by atoms with Gasteiger partial charge in [-0.15, -0.1) is 0 Å². The number of carbonyl (C=O) groups excluding carboxylic acids is 1. The predicted molar refractivity (Wildman–Crippen MR) is 82.4 cm³/mol. The Labute approximate surface area is 138 Å². The van der Waals surface area contributed by atoms with Crippen molar-refractivity contribution < 1.29 is 27.8 Å². The molecular weight excluding hydrogens is 323 g/mol. The van der Waals surface area contributed by atoms with E-state index in [0.29, 0.717) is 6.42 Å². The number of halogens is 3. The largest absolute Gasteiger partial charge is 0.491 e. The summed E-state index contributed by atoms with van der Waals surface area (Å²) in [5, 5.41) is 12.4. The third-order valence-electron chi connectivity index (χ3n) is 3.70. The number of hydrogen-bond acceptors (Lipinski definition) is 3. The Hall–Kier alpha value is -2.02. The van der Waals surface area contributed by atoms with Crippen molar-refractivity contribution in [2.75, 3.05) is 13.2 Å². The lowest BCUT2D eigenvalue weighted by molar-refractivity contribution is -0.137. The fraction of sp³-hybridized carbons (Fsp3) is 0.471. The number of alkyl halides is 3. The van der Waals surface area contributed by atoms with Gasteiger partial charge in [0.25, 0.3) is 0 Å². The molecule has 0 saturated heterocycles. The van der Waals surface area contributed by atoms with E-state index in [1.807, 2.05) is 12.2 Å². The molecule has 0 bridgehead atoms. The van der Waals surface area contributed by atoms with Crippen LogP contribution in [0.4, 0.5) is 13.2 Å². The van der Waals surface area contributed by atoms with Crippen molar-refractivity contribution in [1.29, 1.82) is 0 Å². The number of benzene rings is 1. The van der Waals surface area contributed by atoms with E-state index >= 15 is 0 Å². The molecule has 0 spiro atoms. The highest BCUT2D eigenvalue weighted by molar-refractivity contribution is 5.76. The number of aliphatic hydroxyl groups excluding tert-OH is 1.